The zero-order valence-electron chi connectivity index (χ0n) is 16.9. The van der Waals surface area contributed by atoms with E-state index in [1.807, 2.05) is 16.7 Å². The van der Waals surface area contributed by atoms with Gasteiger partial charge >= 0.3 is 0 Å². The Bertz CT molecular complexity index is 652. The van der Waals surface area contributed by atoms with Crippen molar-refractivity contribution in [3.63, 3.8) is 0 Å². The first-order chi connectivity index (χ1) is 13.2. The minimum absolute atomic E-state index is 0. The molecule has 3 rings (SSSR count). The highest BCUT2D eigenvalue weighted by Gasteiger charge is 2.24. The highest BCUT2D eigenvalue weighted by Crippen LogP contribution is 2.28. The molecule has 0 aromatic heterocycles. The molecule has 0 radical (unpaired) electrons. The van der Waals surface area contributed by atoms with Crippen LogP contribution in [-0.2, 0) is 17.9 Å². The smallest absolute Gasteiger partial charge is 0.222 e. The van der Waals surface area contributed by atoms with Gasteiger partial charge in [-0.15, -0.1) is 24.0 Å². The van der Waals surface area contributed by atoms with E-state index in [9.17, 15) is 4.79 Å². The first-order valence-corrected chi connectivity index (χ1v) is 11.4. The number of benzene rings is 1. The molecule has 1 aliphatic carbocycles. The zero-order valence-corrected chi connectivity index (χ0v) is 20.1. The van der Waals surface area contributed by atoms with Crippen LogP contribution in [0.5, 0.6) is 0 Å². The van der Waals surface area contributed by atoms with E-state index in [1.165, 1.54) is 30.4 Å². The van der Waals surface area contributed by atoms with Gasteiger partial charge < -0.3 is 15.5 Å². The van der Waals surface area contributed by atoms with E-state index in [-0.39, 0.29) is 29.9 Å². The second-order valence-electron chi connectivity index (χ2n) is 7.44. The predicted octanol–water partition coefficient (Wildman–Crippen LogP) is 3.77. The van der Waals surface area contributed by atoms with E-state index in [2.05, 4.69) is 48.1 Å². The lowest BCUT2D eigenvalue weighted by Crippen LogP contribution is -2.42. The third kappa shape index (κ3) is 6.83. The summed E-state index contributed by atoms with van der Waals surface area (Å²) >= 11 is 1.97. The van der Waals surface area contributed by atoms with Gasteiger partial charge in [-0.1, -0.05) is 24.3 Å². The standard InChI is InChI=1S/C21H32N4OS.HI/c1-3-22-21(24-18-10-11-19(13-18)27-2)23-14-16-6-8-17(9-7-16)15-25-12-4-5-20(25)26;/h6-9,18-19H,3-5,10-15H2,1-2H3,(H2,22,23,24);1H. The van der Waals surface area contributed by atoms with Crippen LogP contribution in [0, 0.1) is 0 Å². The third-order valence-corrected chi connectivity index (χ3v) is 6.49. The number of carbonyl (C=O) groups is 1. The number of likely N-dealkylation sites (tertiary alicyclic amines) is 1. The van der Waals surface area contributed by atoms with Gasteiger partial charge in [0, 0.05) is 37.3 Å². The Labute approximate surface area is 190 Å². The number of hydrogen-bond donors (Lipinski definition) is 2. The van der Waals surface area contributed by atoms with Gasteiger partial charge in [0.15, 0.2) is 5.96 Å². The van der Waals surface area contributed by atoms with E-state index >= 15 is 0 Å². The Morgan fingerprint density at radius 1 is 1.25 bits per heavy atom. The molecular formula is C21H33IN4OS. The second kappa shape index (κ2) is 11.9. The van der Waals surface area contributed by atoms with Gasteiger partial charge in [-0.3, -0.25) is 4.79 Å². The van der Waals surface area contributed by atoms with Crippen molar-refractivity contribution in [1.82, 2.24) is 15.5 Å². The fourth-order valence-corrected chi connectivity index (χ4v) is 4.61. The van der Waals surface area contributed by atoms with Crippen molar-refractivity contribution in [2.75, 3.05) is 19.3 Å². The molecular weight excluding hydrogens is 483 g/mol. The number of nitrogens with zero attached hydrogens (tertiary/aromatic N) is 2. The third-order valence-electron chi connectivity index (χ3n) is 5.39. The monoisotopic (exact) mass is 516 g/mol. The molecule has 1 aliphatic heterocycles. The summed E-state index contributed by atoms with van der Waals surface area (Å²) in [4.78, 5) is 18.5. The van der Waals surface area contributed by atoms with Gasteiger partial charge in [0.1, 0.15) is 0 Å². The van der Waals surface area contributed by atoms with Crippen molar-refractivity contribution < 1.29 is 4.79 Å². The molecule has 1 aromatic rings. The molecule has 0 bridgehead atoms. The number of guanidine groups is 1. The molecule has 2 fully saturated rings. The Morgan fingerprint density at radius 3 is 2.61 bits per heavy atom. The fraction of sp³-hybridized carbons (Fsp3) is 0.619. The summed E-state index contributed by atoms with van der Waals surface area (Å²) in [5.74, 6) is 1.19. The molecule has 1 amide bonds. The van der Waals surface area contributed by atoms with Crippen LogP contribution in [-0.4, -0.2) is 47.4 Å². The van der Waals surface area contributed by atoms with Crippen LogP contribution in [0.4, 0.5) is 0 Å². The molecule has 2 aliphatic rings. The fourth-order valence-electron chi connectivity index (χ4n) is 3.81. The highest BCUT2D eigenvalue weighted by molar-refractivity contribution is 14.0. The number of thioether (sulfide) groups is 1. The van der Waals surface area contributed by atoms with Crippen LogP contribution >= 0.6 is 35.7 Å². The number of amides is 1. The van der Waals surface area contributed by atoms with Crippen molar-refractivity contribution in [2.24, 2.45) is 4.99 Å². The van der Waals surface area contributed by atoms with Gasteiger partial charge in [-0.25, -0.2) is 4.99 Å². The summed E-state index contributed by atoms with van der Waals surface area (Å²) in [5.41, 5.74) is 2.38. The topological polar surface area (TPSA) is 56.7 Å². The largest absolute Gasteiger partial charge is 0.357 e. The van der Waals surface area contributed by atoms with E-state index in [0.717, 1.165) is 37.3 Å². The molecule has 2 atom stereocenters. The molecule has 156 valence electrons. The molecule has 7 heteroatoms. The molecule has 1 heterocycles. The summed E-state index contributed by atoms with van der Waals surface area (Å²) in [6, 6.07) is 9.03. The van der Waals surface area contributed by atoms with Crippen LogP contribution in [0.2, 0.25) is 0 Å². The summed E-state index contributed by atoms with van der Waals surface area (Å²) in [6.07, 6.45) is 7.63. The van der Waals surface area contributed by atoms with Gasteiger partial charge in [-0.2, -0.15) is 11.8 Å². The second-order valence-corrected chi connectivity index (χ2v) is 8.58. The van der Waals surface area contributed by atoms with Crippen molar-refractivity contribution in [2.45, 2.75) is 63.4 Å². The number of hydrogen-bond acceptors (Lipinski definition) is 3. The normalized spacial score (nSPS) is 22.3. The minimum atomic E-state index is 0. The van der Waals surface area contributed by atoms with Crippen LogP contribution in [0.25, 0.3) is 0 Å². The number of carbonyl (C=O) groups excluding carboxylic acids is 1. The minimum Gasteiger partial charge on any atom is -0.357 e. The number of nitrogens with one attached hydrogen (secondary N) is 2. The molecule has 5 nitrogen and oxygen atoms in total. The SMILES string of the molecule is CCNC(=NCc1ccc(CN2CCCC2=O)cc1)NC1CCC(SC)C1.I. The van der Waals surface area contributed by atoms with Crippen LogP contribution in [0.3, 0.4) is 0 Å². The lowest BCUT2D eigenvalue weighted by atomic mass is 10.1. The maximum absolute atomic E-state index is 11.8. The van der Waals surface area contributed by atoms with E-state index in [0.29, 0.717) is 19.0 Å². The van der Waals surface area contributed by atoms with E-state index in [4.69, 9.17) is 4.99 Å². The molecule has 1 saturated heterocycles. The highest BCUT2D eigenvalue weighted by atomic mass is 127. The van der Waals surface area contributed by atoms with Crippen molar-refractivity contribution in [3.8, 4) is 0 Å². The molecule has 1 saturated carbocycles. The first-order valence-electron chi connectivity index (χ1n) is 10.1. The lowest BCUT2D eigenvalue weighted by molar-refractivity contribution is -0.128. The summed E-state index contributed by atoms with van der Waals surface area (Å²) in [7, 11) is 0. The van der Waals surface area contributed by atoms with Gasteiger partial charge in [0.25, 0.3) is 0 Å². The zero-order chi connectivity index (χ0) is 19.1. The van der Waals surface area contributed by atoms with Gasteiger partial charge in [0.2, 0.25) is 5.91 Å². The summed E-state index contributed by atoms with van der Waals surface area (Å²) in [5, 5.41) is 7.74. The predicted molar refractivity (Wildman–Crippen MR) is 129 cm³/mol. The molecule has 2 unspecified atom stereocenters. The number of aliphatic imine (C=N–C) groups is 1. The quantitative estimate of drug-likeness (QED) is 0.329. The number of halogens is 1. The maximum Gasteiger partial charge on any atom is 0.222 e. The maximum atomic E-state index is 11.8. The Morgan fingerprint density at radius 2 is 2.00 bits per heavy atom. The van der Waals surface area contributed by atoms with Gasteiger partial charge in [0.05, 0.1) is 6.54 Å². The Balaban J connectivity index is 0.00000280. The summed E-state index contributed by atoms with van der Waals surface area (Å²) in [6.45, 7) is 5.25. The summed E-state index contributed by atoms with van der Waals surface area (Å²) < 4.78 is 0. The molecule has 1 aromatic carbocycles. The Hall–Kier alpha value is -0.960. The molecule has 0 spiro atoms. The van der Waals surface area contributed by atoms with Crippen molar-refractivity contribution >= 4 is 47.6 Å². The molecule has 2 N–H and O–H groups in total. The van der Waals surface area contributed by atoms with Gasteiger partial charge in [-0.05, 0) is 50.0 Å². The van der Waals surface area contributed by atoms with Crippen LogP contribution in [0.1, 0.15) is 50.2 Å². The van der Waals surface area contributed by atoms with Crippen LogP contribution < -0.4 is 10.6 Å². The average molecular weight is 516 g/mol. The molecule has 28 heavy (non-hydrogen) atoms. The lowest BCUT2D eigenvalue weighted by Gasteiger charge is -2.17. The van der Waals surface area contributed by atoms with E-state index in [1.54, 1.807) is 0 Å². The first kappa shape index (κ1) is 23.3. The van der Waals surface area contributed by atoms with Crippen molar-refractivity contribution in [1.29, 1.82) is 0 Å². The van der Waals surface area contributed by atoms with E-state index < -0.39 is 0 Å². The average Bonchev–Trinajstić information content (AvgIpc) is 3.30. The Kier molecular flexibility index (Phi) is 9.91. The van der Waals surface area contributed by atoms with Crippen molar-refractivity contribution in [3.05, 3.63) is 35.4 Å². The number of rotatable bonds is 7. The van der Waals surface area contributed by atoms with Crippen LogP contribution in [0.15, 0.2) is 29.3 Å².